The van der Waals surface area contributed by atoms with Crippen molar-refractivity contribution in [3.8, 4) is 0 Å². The van der Waals surface area contributed by atoms with Crippen LogP contribution in [0.25, 0.3) is 0 Å². The molecule has 0 atom stereocenters. The van der Waals surface area contributed by atoms with Crippen LogP contribution in [0.3, 0.4) is 0 Å². The molecule has 0 aromatic carbocycles. The topological polar surface area (TPSA) is 34.1 Å². The van der Waals surface area contributed by atoms with E-state index in [9.17, 15) is 0 Å². The molecule has 5 heteroatoms. The SMILES string of the molecule is C=CCSCCNCc1csc(COC)n1. The van der Waals surface area contributed by atoms with Gasteiger partial charge in [-0.1, -0.05) is 6.08 Å². The van der Waals surface area contributed by atoms with Crippen LogP contribution in [-0.2, 0) is 17.9 Å². The molecule has 90 valence electrons. The monoisotopic (exact) mass is 258 g/mol. The van der Waals surface area contributed by atoms with Crippen LogP contribution >= 0.6 is 23.1 Å². The van der Waals surface area contributed by atoms with Crippen molar-refractivity contribution in [3.63, 3.8) is 0 Å². The van der Waals surface area contributed by atoms with E-state index >= 15 is 0 Å². The number of thioether (sulfide) groups is 1. The van der Waals surface area contributed by atoms with Crippen LogP contribution < -0.4 is 5.32 Å². The Morgan fingerprint density at radius 2 is 2.56 bits per heavy atom. The molecular formula is C11H18N2OS2. The van der Waals surface area contributed by atoms with E-state index in [0.717, 1.165) is 35.3 Å². The Morgan fingerprint density at radius 1 is 1.69 bits per heavy atom. The quantitative estimate of drug-likeness (QED) is 0.544. The first-order valence-electron chi connectivity index (χ1n) is 5.18. The smallest absolute Gasteiger partial charge is 0.119 e. The van der Waals surface area contributed by atoms with Gasteiger partial charge in [0.05, 0.1) is 12.3 Å². The van der Waals surface area contributed by atoms with Crippen LogP contribution in [0.5, 0.6) is 0 Å². The van der Waals surface area contributed by atoms with Crippen LogP contribution in [0.1, 0.15) is 10.7 Å². The van der Waals surface area contributed by atoms with Crippen molar-refractivity contribution in [1.82, 2.24) is 10.3 Å². The van der Waals surface area contributed by atoms with E-state index in [1.807, 2.05) is 17.8 Å². The normalized spacial score (nSPS) is 10.6. The largest absolute Gasteiger partial charge is 0.378 e. The molecule has 0 aliphatic heterocycles. The minimum absolute atomic E-state index is 0.611. The average molecular weight is 258 g/mol. The van der Waals surface area contributed by atoms with Crippen LogP contribution in [0.2, 0.25) is 0 Å². The molecule has 0 saturated carbocycles. The molecule has 1 N–H and O–H groups in total. The second-order valence-electron chi connectivity index (χ2n) is 3.21. The van der Waals surface area contributed by atoms with Gasteiger partial charge in [-0.25, -0.2) is 4.98 Å². The zero-order chi connectivity index (χ0) is 11.6. The highest BCUT2D eigenvalue weighted by molar-refractivity contribution is 7.99. The number of thiazole rings is 1. The molecule has 1 heterocycles. The highest BCUT2D eigenvalue weighted by Gasteiger charge is 2.00. The van der Waals surface area contributed by atoms with Crippen LogP contribution in [0.4, 0.5) is 0 Å². The van der Waals surface area contributed by atoms with Crippen molar-refractivity contribution >= 4 is 23.1 Å². The van der Waals surface area contributed by atoms with Crippen molar-refractivity contribution in [2.45, 2.75) is 13.2 Å². The van der Waals surface area contributed by atoms with Crippen molar-refractivity contribution in [1.29, 1.82) is 0 Å². The Bertz CT molecular complexity index is 302. The lowest BCUT2D eigenvalue weighted by molar-refractivity contribution is 0.184. The predicted octanol–water partition coefficient (Wildman–Crippen LogP) is 2.30. The molecule has 0 spiro atoms. The predicted molar refractivity (Wildman–Crippen MR) is 72.1 cm³/mol. The van der Waals surface area contributed by atoms with Gasteiger partial charge >= 0.3 is 0 Å². The van der Waals surface area contributed by atoms with E-state index in [1.165, 1.54) is 0 Å². The maximum absolute atomic E-state index is 5.03. The van der Waals surface area contributed by atoms with Crippen molar-refractivity contribution in [2.75, 3.05) is 25.2 Å². The number of nitrogens with zero attached hydrogens (tertiary/aromatic N) is 1. The third-order valence-corrected chi connectivity index (χ3v) is 3.67. The van der Waals surface area contributed by atoms with Gasteiger partial charge in [0.1, 0.15) is 5.01 Å². The summed E-state index contributed by atoms with van der Waals surface area (Å²) < 4.78 is 5.03. The Balaban J connectivity index is 2.09. The van der Waals surface area contributed by atoms with E-state index in [1.54, 1.807) is 18.4 Å². The highest BCUT2D eigenvalue weighted by Crippen LogP contribution is 2.10. The van der Waals surface area contributed by atoms with E-state index in [-0.39, 0.29) is 0 Å². The lowest BCUT2D eigenvalue weighted by Gasteiger charge is -2.01. The minimum Gasteiger partial charge on any atom is -0.378 e. The number of rotatable bonds is 9. The molecule has 0 unspecified atom stereocenters. The zero-order valence-corrected chi connectivity index (χ0v) is 11.2. The lowest BCUT2D eigenvalue weighted by Crippen LogP contribution is -2.16. The maximum Gasteiger partial charge on any atom is 0.119 e. The molecule has 0 aliphatic rings. The number of nitrogens with one attached hydrogen (secondary N) is 1. The third-order valence-electron chi connectivity index (χ3n) is 1.83. The lowest BCUT2D eigenvalue weighted by atomic mass is 10.5. The highest BCUT2D eigenvalue weighted by atomic mass is 32.2. The summed E-state index contributed by atoms with van der Waals surface area (Å²) >= 11 is 3.53. The summed E-state index contributed by atoms with van der Waals surface area (Å²) in [5.74, 6) is 2.14. The Morgan fingerprint density at radius 3 is 3.31 bits per heavy atom. The van der Waals surface area contributed by atoms with E-state index in [0.29, 0.717) is 6.61 Å². The molecule has 1 aromatic heterocycles. The average Bonchev–Trinajstić information content (AvgIpc) is 2.72. The summed E-state index contributed by atoms with van der Waals surface area (Å²) in [5, 5.41) is 6.49. The Kier molecular flexibility index (Phi) is 7.50. The minimum atomic E-state index is 0.611. The standard InChI is InChI=1S/C11H18N2OS2/c1-3-5-15-6-4-12-7-10-9-16-11(13-10)8-14-2/h3,9,12H,1,4-8H2,2H3. The molecule has 1 rings (SSSR count). The van der Waals surface area contributed by atoms with E-state index < -0.39 is 0 Å². The fourth-order valence-corrected chi connectivity index (χ4v) is 2.53. The number of aromatic nitrogens is 1. The molecule has 1 aromatic rings. The van der Waals surface area contributed by atoms with Gasteiger partial charge in [0, 0.05) is 37.1 Å². The molecule has 0 fully saturated rings. The Hall–Kier alpha value is -0.360. The molecule has 3 nitrogen and oxygen atoms in total. The molecule has 0 saturated heterocycles. The van der Waals surface area contributed by atoms with Gasteiger partial charge < -0.3 is 10.1 Å². The van der Waals surface area contributed by atoms with Crippen LogP contribution in [-0.4, -0.2) is 30.1 Å². The maximum atomic E-state index is 5.03. The summed E-state index contributed by atoms with van der Waals surface area (Å²) in [6.07, 6.45) is 1.93. The van der Waals surface area contributed by atoms with Gasteiger partial charge in [-0.3, -0.25) is 0 Å². The zero-order valence-electron chi connectivity index (χ0n) is 9.57. The van der Waals surface area contributed by atoms with Crippen LogP contribution in [0, 0.1) is 0 Å². The van der Waals surface area contributed by atoms with E-state index in [2.05, 4.69) is 22.3 Å². The van der Waals surface area contributed by atoms with Crippen molar-refractivity contribution in [2.24, 2.45) is 0 Å². The van der Waals surface area contributed by atoms with Gasteiger partial charge in [-0.05, 0) is 0 Å². The summed E-state index contributed by atoms with van der Waals surface area (Å²) in [7, 11) is 1.69. The molecule has 16 heavy (non-hydrogen) atoms. The van der Waals surface area contributed by atoms with Gasteiger partial charge in [0.2, 0.25) is 0 Å². The fourth-order valence-electron chi connectivity index (χ4n) is 1.15. The van der Waals surface area contributed by atoms with Crippen LogP contribution in [0.15, 0.2) is 18.0 Å². The molecule has 0 radical (unpaired) electrons. The first-order valence-corrected chi connectivity index (χ1v) is 7.22. The fraction of sp³-hybridized carbons (Fsp3) is 0.545. The molecule has 0 bridgehead atoms. The van der Waals surface area contributed by atoms with Gasteiger partial charge in [-0.15, -0.1) is 17.9 Å². The number of ether oxygens (including phenoxy) is 1. The van der Waals surface area contributed by atoms with Gasteiger partial charge in [0.25, 0.3) is 0 Å². The second kappa shape index (κ2) is 8.75. The van der Waals surface area contributed by atoms with Crippen molar-refractivity contribution < 1.29 is 4.74 Å². The molecule has 0 aliphatic carbocycles. The summed E-state index contributed by atoms with van der Waals surface area (Å²) in [6.45, 7) is 6.15. The Labute approximate surface area is 105 Å². The third kappa shape index (κ3) is 5.65. The number of hydrogen-bond acceptors (Lipinski definition) is 5. The summed E-state index contributed by atoms with van der Waals surface area (Å²) in [4.78, 5) is 4.44. The number of methoxy groups -OCH3 is 1. The summed E-state index contributed by atoms with van der Waals surface area (Å²) in [5.41, 5.74) is 1.10. The van der Waals surface area contributed by atoms with E-state index in [4.69, 9.17) is 4.74 Å². The van der Waals surface area contributed by atoms with Gasteiger partial charge in [0.15, 0.2) is 0 Å². The molecule has 0 amide bonds. The first kappa shape index (κ1) is 13.7. The summed E-state index contributed by atoms with van der Waals surface area (Å²) in [6, 6.07) is 0. The van der Waals surface area contributed by atoms with Gasteiger partial charge in [-0.2, -0.15) is 11.8 Å². The second-order valence-corrected chi connectivity index (χ2v) is 5.30. The molecular weight excluding hydrogens is 240 g/mol. The number of hydrogen-bond donors (Lipinski definition) is 1. The first-order chi connectivity index (χ1) is 7.86. The van der Waals surface area contributed by atoms with Crippen molar-refractivity contribution in [3.05, 3.63) is 28.7 Å².